The van der Waals surface area contributed by atoms with Crippen LogP contribution in [0.2, 0.25) is 0 Å². The third-order valence-electron chi connectivity index (χ3n) is 11.7. The average molecular weight is 755 g/mol. The summed E-state index contributed by atoms with van der Waals surface area (Å²) >= 11 is 3.64. The van der Waals surface area contributed by atoms with E-state index in [1.165, 1.54) is 51.1 Å². The Morgan fingerprint density at radius 3 is 1.25 bits per heavy atom. The van der Waals surface area contributed by atoms with Gasteiger partial charge in [-0.25, -0.2) is 0 Å². The maximum atomic E-state index is 11.5. The number of benzene rings is 7. The van der Waals surface area contributed by atoms with Gasteiger partial charge in [0.2, 0.25) is 0 Å². The molecule has 4 nitrogen and oxygen atoms in total. The van der Waals surface area contributed by atoms with Gasteiger partial charge >= 0.3 is 0 Å². The van der Waals surface area contributed by atoms with Crippen LogP contribution in [0, 0.1) is 22.7 Å². The Hall–Kier alpha value is -6.44. The van der Waals surface area contributed by atoms with Crippen LogP contribution in [0.3, 0.4) is 0 Å². The van der Waals surface area contributed by atoms with Crippen LogP contribution in [0.4, 0.5) is 0 Å². The number of thiophene rings is 2. The van der Waals surface area contributed by atoms with Crippen LogP contribution >= 0.6 is 22.7 Å². The van der Waals surface area contributed by atoms with Gasteiger partial charge in [-0.1, -0.05) is 113 Å². The number of hydrogen-bond acceptors (Lipinski definition) is 4. The lowest BCUT2D eigenvalue weighted by Crippen LogP contribution is -2.16. The molecule has 0 atom stereocenters. The summed E-state index contributed by atoms with van der Waals surface area (Å²) in [4.78, 5) is 0. The van der Waals surface area contributed by atoms with Gasteiger partial charge in [0, 0.05) is 61.9 Å². The van der Waals surface area contributed by atoms with Crippen LogP contribution in [0.15, 0.2) is 121 Å². The summed E-state index contributed by atoms with van der Waals surface area (Å²) in [5.41, 5.74) is 8.77. The van der Waals surface area contributed by atoms with Crippen molar-refractivity contribution in [2.24, 2.45) is 0 Å². The van der Waals surface area contributed by atoms with Crippen LogP contribution in [0.25, 0.3) is 95.3 Å². The Bertz CT molecular complexity index is 3530. The number of rotatable bonds is 4. The van der Waals surface area contributed by atoms with E-state index in [9.17, 15) is 10.5 Å². The van der Waals surface area contributed by atoms with Crippen molar-refractivity contribution >= 4 is 107 Å². The van der Waals surface area contributed by atoms with Gasteiger partial charge in [-0.05, 0) is 59.4 Å². The smallest absolute Gasteiger partial charge is 0.102 e. The highest BCUT2D eigenvalue weighted by Gasteiger charge is 2.32. The maximum absolute atomic E-state index is 11.5. The first-order valence-electron chi connectivity index (χ1n) is 19.1. The number of fused-ring (bicyclic) bond motifs is 14. The molecule has 0 aliphatic rings. The summed E-state index contributed by atoms with van der Waals surface area (Å²) in [5, 5.41) is 32.6. The van der Waals surface area contributed by atoms with E-state index < -0.39 is 0 Å². The molecule has 0 amide bonds. The summed E-state index contributed by atoms with van der Waals surface area (Å²) in [6.45, 7) is 8.74. The van der Waals surface area contributed by atoms with Crippen LogP contribution in [-0.2, 0) is 0 Å². The molecule has 0 radical (unpaired) electrons. The molecule has 0 bridgehead atoms. The predicted molar refractivity (Wildman–Crippen MR) is 239 cm³/mol. The van der Waals surface area contributed by atoms with Crippen molar-refractivity contribution in [3.05, 3.63) is 144 Å². The Morgan fingerprint density at radius 1 is 0.429 bits per heavy atom. The highest BCUT2D eigenvalue weighted by atomic mass is 32.1. The van der Waals surface area contributed by atoms with Crippen molar-refractivity contribution in [3.8, 4) is 23.5 Å². The van der Waals surface area contributed by atoms with E-state index in [4.69, 9.17) is 0 Å². The molecular weight excluding hydrogens is 721 g/mol. The highest BCUT2D eigenvalue weighted by molar-refractivity contribution is 7.27. The topological polar surface area (TPSA) is 57.4 Å². The first kappa shape index (κ1) is 32.9. The second-order valence-corrected chi connectivity index (χ2v) is 17.5. The molecule has 11 rings (SSSR count). The standard InChI is InChI=1S/C50H34N4S2/c1-27(2)43-35(25-51)47(53-37-17-9-5-15-33(37)45-39(53)23-21-31-29-13-7-11-19-41(29)55-49(31)45)36(26-52)44(28(3)4)48(43)54-38-18-10-6-16-34(38)46-40(54)24-22-32-30-14-8-12-20-42(30)56-50(32)46/h5-24,27-28H,1-4H3. The molecule has 7 aromatic carbocycles. The molecule has 6 heteroatoms. The van der Waals surface area contributed by atoms with Gasteiger partial charge in [0.1, 0.15) is 12.1 Å². The summed E-state index contributed by atoms with van der Waals surface area (Å²) in [5.74, 6) is -0.0643. The largest absolute Gasteiger partial charge is 0.309 e. The number of hydrogen-bond donors (Lipinski definition) is 0. The Balaban J connectivity index is 1.33. The number of aromatic nitrogens is 2. The normalized spacial score (nSPS) is 12.2. The first-order valence-corrected chi connectivity index (χ1v) is 20.8. The molecule has 0 unspecified atom stereocenters. The van der Waals surface area contributed by atoms with E-state index in [-0.39, 0.29) is 11.8 Å². The molecule has 0 fully saturated rings. The van der Waals surface area contributed by atoms with Gasteiger partial charge in [-0.15, -0.1) is 22.7 Å². The molecule has 0 aliphatic heterocycles. The molecule has 0 aliphatic carbocycles. The van der Waals surface area contributed by atoms with E-state index in [2.05, 4.69) is 170 Å². The zero-order valence-corrected chi connectivity index (χ0v) is 32.9. The Labute approximate surface area is 331 Å². The molecular formula is C50H34N4S2. The number of para-hydroxylation sites is 2. The monoisotopic (exact) mass is 754 g/mol. The van der Waals surface area contributed by atoms with Gasteiger partial charge in [-0.3, -0.25) is 0 Å². The van der Waals surface area contributed by atoms with Crippen molar-refractivity contribution in [1.82, 2.24) is 9.13 Å². The van der Waals surface area contributed by atoms with E-state index in [1.54, 1.807) is 0 Å². The van der Waals surface area contributed by atoms with Crippen molar-refractivity contribution in [2.45, 2.75) is 39.5 Å². The fourth-order valence-corrected chi connectivity index (χ4v) is 12.0. The lowest BCUT2D eigenvalue weighted by Gasteiger charge is -2.28. The third-order valence-corrected chi connectivity index (χ3v) is 14.1. The molecule has 0 saturated heterocycles. The third kappa shape index (κ3) is 4.26. The van der Waals surface area contributed by atoms with Gasteiger partial charge in [-0.2, -0.15) is 10.5 Å². The lowest BCUT2D eigenvalue weighted by molar-refractivity contribution is 0.805. The van der Waals surface area contributed by atoms with Gasteiger partial charge in [0.15, 0.2) is 0 Å². The molecule has 56 heavy (non-hydrogen) atoms. The molecule has 266 valence electrons. The van der Waals surface area contributed by atoms with Crippen LogP contribution in [0.5, 0.6) is 0 Å². The number of nitriles is 2. The second kappa shape index (κ2) is 12.0. The van der Waals surface area contributed by atoms with E-state index >= 15 is 0 Å². The minimum atomic E-state index is -0.0321. The quantitative estimate of drug-likeness (QED) is 0.180. The highest BCUT2D eigenvalue weighted by Crippen LogP contribution is 2.49. The fourth-order valence-electron chi connectivity index (χ4n) is 9.53. The van der Waals surface area contributed by atoms with Crippen LogP contribution in [0.1, 0.15) is 61.8 Å². The first-order chi connectivity index (χ1) is 27.4. The van der Waals surface area contributed by atoms with Crippen molar-refractivity contribution in [1.29, 1.82) is 10.5 Å². The van der Waals surface area contributed by atoms with Gasteiger partial charge in [0.25, 0.3) is 0 Å². The van der Waals surface area contributed by atoms with Crippen LogP contribution < -0.4 is 0 Å². The zero-order chi connectivity index (χ0) is 38.0. The van der Waals surface area contributed by atoms with Crippen molar-refractivity contribution < 1.29 is 0 Å². The maximum Gasteiger partial charge on any atom is 0.102 e. The van der Waals surface area contributed by atoms with Crippen molar-refractivity contribution in [3.63, 3.8) is 0 Å². The molecule has 4 heterocycles. The van der Waals surface area contributed by atoms with E-state index in [0.717, 1.165) is 49.7 Å². The summed E-state index contributed by atoms with van der Waals surface area (Å²) < 4.78 is 9.58. The lowest BCUT2D eigenvalue weighted by atomic mass is 9.83. The van der Waals surface area contributed by atoms with E-state index in [0.29, 0.717) is 16.8 Å². The van der Waals surface area contributed by atoms with Crippen LogP contribution in [-0.4, -0.2) is 9.13 Å². The summed E-state index contributed by atoms with van der Waals surface area (Å²) in [6, 6.07) is 48.7. The summed E-state index contributed by atoms with van der Waals surface area (Å²) in [7, 11) is 0. The Kier molecular flexibility index (Phi) is 7.08. The Morgan fingerprint density at radius 2 is 0.821 bits per heavy atom. The summed E-state index contributed by atoms with van der Waals surface area (Å²) in [6.07, 6.45) is 0. The molecule has 4 aromatic heterocycles. The fraction of sp³-hybridized carbons (Fsp3) is 0.120. The average Bonchev–Trinajstić information content (AvgIpc) is 3.97. The van der Waals surface area contributed by atoms with Gasteiger partial charge in [0.05, 0.1) is 44.6 Å². The SMILES string of the molecule is CC(C)c1c(C#N)c(-n2c3ccccc3c3c4sc5ccccc5c4ccc32)c(C#N)c(C(C)C)c1-n1c2ccccc2c2c3sc4ccccc4c3ccc21. The predicted octanol–water partition coefficient (Wildman–Crippen LogP) is 14.6. The molecule has 0 N–H and O–H groups in total. The molecule has 0 saturated carbocycles. The zero-order valence-electron chi connectivity index (χ0n) is 31.3. The minimum Gasteiger partial charge on any atom is -0.309 e. The molecule has 0 spiro atoms. The molecule has 11 aromatic rings. The second-order valence-electron chi connectivity index (χ2n) is 15.4. The number of nitrogens with zero attached hydrogens (tertiary/aromatic N) is 4. The van der Waals surface area contributed by atoms with Gasteiger partial charge < -0.3 is 9.13 Å². The minimum absolute atomic E-state index is 0.0321. The van der Waals surface area contributed by atoms with E-state index in [1.807, 2.05) is 22.7 Å². The van der Waals surface area contributed by atoms with Crippen molar-refractivity contribution in [2.75, 3.05) is 0 Å².